The summed E-state index contributed by atoms with van der Waals surface area (Å²) in [5, 5.41) is 15.3. The number of ether oxygens (including phenoxy) is 2. The molecule has 3 heterocycles. The molecule has 0 unspecified atom stereocenters. The molecule has 9 nitrogen and oxygen atoms in total. The first kappa shape index (κ1) is 20.0. The second-order valence-electron chi connectivity index (χ2n) is 7.45. The minimum absolute atomic E-state index is 0.252. The summed E-state index contributed by atoms with van der Waals surface area (Å²) in [5.74, 6) is 1.06. The van der Waals surface area contributed by atoms with Gasteiger partial charge in [-0.25, -0.2) is 4.99 Å². The van der Waals surface area contributed by atoms with Crippen molar-refractivity contribution in [1.29, 1.82) is 0 Å². The fourth-order valence-electron chi connectivity index (χ4n) is 3.93. The van der Waals surface area contributed by atoms with E-state index >= 15 is 0 Å². The maximum absolute atomic E-state index is 12.8. The van der Waals surface area contributed by atoms with Gasteiger partial charge in [-0.05, 0) is 23.8 Å². The third kappa shape index (κ3) is 3.52. The van der Waals surface area contributed by atoms with Crippen molar-refractivity contribution < 1.29 is 14.3 Å². The van der Waals surface area contributed by atoms with Gasteiger partial charge in [0.1, 0.15) is 11.6 Å². The normalized spacial score (nSPS) is 12.6. The van der Waals surface area contributed by atoms with Crippen LogP contribution in [0.5, 0.6) is 5.75 Å². The Labute approximate surface area is 184 Å². The Morgan fingerprint density at radius 2 is 2.09 bits per heavy atom. The molecule has 0 saturated carbocycles. The lowest BCUT2D eigenvalue weighted by Crippen LogP contribution is -2.30. The molecule has 162 valence electrons. The maximum Gasteiger partial charge on any atom is 0.259 e. The second kappa shape index (κ2) is 8.27. The van der Waals surface area contributed by atoms with Crippen LogP contribution in [0, 0.1) is 0 Å². The highest BCUT2D eigenvalue weighted by molar-refractivity contribution is 6.10. The van der Waals surface area contributed by atoms with Crippen molar-refractivity contribution in [3.8, 4) is 16.9 Å². The standard InChI is InChI=1S/C23H22N6O3/c1-31-9-8-29-13-14(11-25-29)23(30)27-21-10-17-20(32-2)7-6-16(22(17)26-21)15-4-3-5-19-18(15)12-24-28-19/h3-7,11-13H,8-10H2,1-2H3,(H,24,28)(H,26,27,30). The number of hydrogen-bond donors (Lipinski definition) is 2. The fourth-order valence-corrected chi connectivity index (χ4v) is 3.93. The van der Waals surface area contributed by atoms with Gasteiger partial charge in [-0.15, -0.1) is 0 Å². The van der Waals surface area contributed by atoms with Gasteiger partial charge in [0.2, 0.25) is 0 Å². The molecule has 0 fully saturated rings. The van der Waals surface area contributed by atoms with Crippen molar-refractivity contribution in [2.75, 3.05) is 20.8 Å². The zero-order valence-corrected chi connectivity index (χ0v) is 17.8. The van der Waals surface area contributed by atoms with Gasteiger partial charge in [-0.3, -0.25) is 14.6 Å². The van der Waals surface area contributed by atoms with E-state index in [1.165, 1.54) is 0 Å². The lowest BCUT2D eigenvalue weighted by molar-refractivity contribution is 0.0976. The van der Waals surface area contributed by atoms with Crippen molar-refractivity contribution >= 4 is 28.3 Å². The third-order valence-electron chi connectivity index (χ3n) is 5.50. The number of hydrogen-bond acceptors (Lipinski definition) is 6. The zero-order chi connectivity index (χ0) is 22.1. The van der Waals surface area contributed by atoms with E-state index in [9.17, 15) is 4.79 Å². The highest BCUT2D eigenvalue weighted by Crippen LogP contribution is 2.43. The zero-order valence-electron chi connectivity index (χ0n) is 17.8. The summed E-state index contributed by atoms with van der Waals surface area (Å²) in [5.41, 5.74) is 5.14. The molecule has 32 heavy (non-hydrogen) atoms. The number of aromatic nitrogens is 4. The predicted molar refractivity (Wildman–Crippen MR) is 120 cm³/mol. The van der Waals surface area contributed by atoms with Gasteiger partial charge in [0.05, 0.1) is 49.4 Å². The number of amidine groups is 1. The van der Waals surface area contributed by atoms with E-state index in [4.69, 9.17) is 14.5 Å². The van der Waals surface area contributed by atoms with Gasteiger partial charge in [-0.2, -0.15) is 10.2 Å². The van der Waals surface area contributed by atoms with Crippen molar-refractivity contribution in [3.63, 3.8) is 0 Å². The summed E-state index contributed by atoms with van der Waals surface area (Å²) in [4.78, 5) is 17.5. The number of fused-ring (bicyclic) bond motifs is 2. The van der Waals surface area contributed by atoms with Crippen LogP contribution in [0.2, 0.25) is 0 Å². The van der Waals surface area contributed by atoms with E-state index in [-0.39, 0.29) is 5.91 Å². The lowest BCUT2D eigenvalue weighted by Gasteiger charge is -2.11. The van der Waals surface area contributed by atoms with Gasteiger partial charge in [0.15, 0.2) is 0 Å². The first-order chi connectivity index (χ1) is 15.7. The number of aromatic amines is 1. The Hall–Kier alpha value is -3.98. The Bertz CT molecular complexity index is 1340. The summed E-state index contributed by atoms with van der Waals surface area (Å²) < 4.78 is 12.3. The van der Waals surface area contributed by atoms with Crippen LogP contribution in [0.15, 0.2) is 53.9 Å². The molecule has 1 aliphatic heterocycles. The Morgan fingerprint density at radius 1 is 1.19 bits per heavy atom. The average molecular weight is 430 g/mol. The van der Waals surface area contributed by atoms with E-state index in [2.05, 4.69) is 20.6 Å². The molecule has 2 aromatic heterocycles. The molecular weight excluding hydrogens is 408 g/mol. The number of nitrogens with zero attached hydrogens (tertiary/aromatic N) is 4. The minimum Gasteiger partial charge on any atom is -0.496 e. The number of nitrogens with one attached hydrogen (secondary N) is 2. The van der Waals surface area contributed by atoms with Crippen LogP contribution in [-0.4, -0.2) is 52.5 Å². The quantitative estimate of drug-likeness (QED) is 0.489. The van der Waals surface area contributed by atoms with Gasteiger partial charge in [0, 0.05) is 36.2 Å². The van der Waals surface area contributed by atoms with Crippen LogP contribution >= 0.6 is 0 Å². The predicted octanol–water partition coefficient (Wildman–Crippen LogP) is 3.10. The van der Waals surface area contributed by atoms with E-state index < -0.39 is 0 Å². The molecule has 2 aromatic carbocycles. The molecule has 1 amide bonds. The van der Waals surface area contributed by atoms with Crippen molar-refractivity contribution in [2.24, 2.45) is 4.99 Å². The number of H-pyrrole nitrogens is 1. The highest BCUT2D eigenvalue weighted by Gasteiger charge is 2.25. The smallest absolute Gasteiger partial charge is 0.259 e. The molecular formula is C23H22N6O3. The molecule has 1 aliphatic rings. The molecule has 2 N–H and O–H groups in total. The molecule has 0 spiro atoms. The SMILES string of the molecule is COCCn1cc(C(=O)NC2=Nc3c(-c4cccc5[nH]ncc45)ccc(OC)c3C2)cn1. The number of amides is 1. The summed E-state index contributed by atoms with van der Waals surface area (Å²) in [7, 11) is 3.26. The Balaban J connectivity index is 1.46. The Kier molecular flexibility index (Phi) is 5.16. The van der Waals surface area contributed by atoms with Gasteiger partial charge >= 0.3 is 0 Å². The monoisotopic (exact) mass is 430 g/mol. The van der Waals surface area contributed by atoms with E-state index in [1.807, 2.05) is 36.5 Å². The minimum atomic E-state index is -0.252. The summed E-state index contributed by atoms with van der Waals surface area (Å²) in [6.45, 7) is 1.10. The maximum atomic E-state index is 12.8. The third-order valence-corrected chi connectivity index (χ3v) is 5.50. The van der Waals surface area contributed by atoms with Crippen LogP contribution in [0.25, 0.3) is 22.0 Å². The lowest BCUT2D eigenvalue weighted by atomic mass is 9.97. The average Bonchev–Trinajstić information content (AvgIpc) is 3.55. The molecule has 0 saturated heterocycles. The van der Waals surface area contributed by atoms with Gasteiger partial charge < -0.3 is 14.8 Å². The van der Waals surface area contributed by atoms with E-state index in [1.54, 1.807) is 31.3 Å². The number of rotatable bonds is 6. The molecule has 0 bridgehead atoms. The van der Waals surface area contributed by atoms with E-state index in [0.29, 0.717) is 31.0 Å². The Morgan fingerprint density at radius 3 is 2.94 bits per heavy atom. The van der Waals surface area contributed by atoms with Crippen LogP contribution in [0.4, 0.5) is 5.69 Å². The molecule has 9 heteroatoms. The van der Waals surface area contributed by atoms with Gasteiger partial charge in [0.25, 0.3) is 5.91 Å². The summed E-state index contributed by atoms with van der Waals surface area (Å²) >= 11 is 0. The number of benzene rings is 2. The summed E-state index contributed by atoms with van der Waals surface area (Å²) in [6, 6.07) is 9.94. The topological polar surface area (TPSA) is 106 Å². The number of methoxy groups -OCH3 is 2. The molecule has 5 rings (SSSR count). The van der Waals surface area contributed by atoms with E-state index in [0.717, 1.165) is 39.0 Å². The second-order valence-corrected chi connectivity index (χ2v) is 7.45. The molecule has 0 radical (unpaired) electrons. The molecule has 0 atom stereocenters. The van der Waals surface area contributed by atoms with Gasteiger partial charge in [-0.1, -0.05) is 12.1 Å². The summed E-state index contributed by atoms with van der Waals surface area (Å²) in [6.07, 6.45) is 5.52. The van der Waals surface area contributed by atoms with Crippen LogP contribution < -0.4 is 10.1 Å². The number of carbonyl (C=O) groups excluding carboxylic acids is 1. The van der Waals surface area contributed by atoms with Crippen molar-refractivity contribution in [3.05, 3.63) is 60.0 Å². The first-order valence-electron chi connectivity index (χ1n) is 10.2. The largest absolute Gasteiger partial charge is 0.496 e. The highest BCUT2D eigenvalue weighted by atomic mass is 16.5. The van der Waals surface area contributed by atoms with Crippen molar-refractivity contribution in [2.45, 2.75) is 13.0 Å². The number of aliphatic imine (C=N–C) groups is 1. The van der Waals surface area contributed by atoms with Crippen LogP contribution in [0.3, 0.4) is 0 Å². The molecule has 4 aromatic rings. The number of carbonyl (C=O) groups is 1. The molecule has 0 aliphatic carbocycles. The van der Waals surface area contributed by atoms with Crippen LogP contribution in [-0.2, 0) is 17.7 Å². The van der Waals surface area contributed by atoms with Crippen LogP contribution in [0.1, 0.15) is 15.9 Å². The fraction of sp³-hybridized carbons (Fsp3) is 0.217. The first-order valence-corrected chi connectivity index (χ1v) is 10.2. The van der Waals surface area contributed by atoms with Crippen molar-refractivity contribution in [1.82, 2.24) is 25.3 Å².